The Labute approximate surface area is 115 Å². The number of hydrogen-bond acceptors (Lipinski definition) is 2. The summed E-state index contributed by atoms with van der Waals surface area (Å²) >= 11 is 0. The number of nitrogens with zero attached hydrogens (tertiary/aromatic N) is 2. The van der Waals surface area contributed by atoms with Gasteiger partial charge in [0.25, 0.3) is 0 Å². The summed E-state index contributed by atoms with van der Waals surface area (Å²) in [5.41, 5.74) is 2.59. The molecule has 1 aromatic heterocycles. The van der Waals surface area contributed by atoms with Crippen molar-refractivity contribution in [1.29, 1.82) is 0 Å². The minimum Gasteiger partial charge on any atom is -0.339 e. The highest BCUT2D eigenvalue weighted by atomic mass is 15.3. The number of nitrogen functional groups attached to an aromatic ring is 1. The number of benzene rings is 1. The molecule has 1 aliphatic rings. The normalized spacial score (nSPS) is 18.2. The fraction of sp³-hybridized carbons (Fsp3) is 0.500. The van der Waals surface area contributed by atoms with Crippen LogP contribution in [0.1, 0.15) is 37.7 Å². The number of nitrogens with two attached hydrogens (primary N) is 1. The molecule has 1 saturated heterocycles. The van der Waals surface area contributed by atoms with Gasteiger partial charge < -0.3 is 10.7 Å². The summed E-state index contributed by atoms with van der Waals surface area (Å²) in [6.07, 6.45) is 5.90. The van der Waals surface area contributed by atoms with Gasteiger partial charge in [-0.25, -0.2) is 0 Å². The third-order valence-electron chi connectivity index (χ3n) is 4.34. The van der Waals surface area contributed by atoms with Crippen molar-refractivity contribution in [1.82, 2.24) is 9.58 Å². The summed E-state index contributed by atoms with van der Waals surface area (Å²) < 4.78 is 1.78. The lowest BCUT2D eigenvalue weighted by Crippen LogP contribution is -2.33. The van der Waals surface area contributed by atoms with Crippen LogP contribution in [0.5, 0.6) is 0 Å². The highest BCUT2D eigenvalue weighted by molar-refractivity contribution is 5.84. The fourth-order valence-electron chi connectivity index (χ4n) is 3.34. The predicted molar refractivity (Wildman–Crippen MR) is 80.8 cm³/mol. The number of hydrogen-bond donors (Lipinski definition) is 1. The van der Waals surface area contributed by atoms with E-state index < -0.39 is 0 Å². The zero-order chi connectivity index (χ0) is 13.2. The highest BCUT2D eigenvalue weighted by Gasteiger charge is 2.22. The third-order valence-corrected chi connectivity index (χ3v) is 4.34. The van der Waals surface area contributed by atoms with Crippen molar-refractivity contribution in [2.24, 2.45) is 0 Å². The number of para-hydroxylation sites is 1. The number of aromatic nitrogens is 1. The monoisotopic (exact) mass is 257 g/mol. The summed E-state index contributed by atoms with van der Waals surface area (Å²) in [7, 11) is 0. The molecule has 0 unspecified atom stereocenters. The Bertz CT molecular complexity index is 550. The molecule has 0 saturated carbocycles. The molecule has 19 heavy (non-hydrogen) atoms. The van der Waals surface area contributed by atoms with Gasteiger partial charge in [0.15, 0.2) is 0 Å². The zero-order valence-electron chi connectivity index (χ0n) is 11.7. The van der Waals surface area contributed by atoms with Crippen LogP contribution in [-0.2, 0) is 0 Å². The first-order valence-electron chi connectivity index (χ1n) is 7.37. The Hall–Kier alpha value is -1.48. The smallest absolute Gasteiger partial charge is 0.0693 e. The lowest BCUT2D eigenvalue weighted by molar-refractivity contribution is 0.213. The largest absolute Gasteiger partial charge is 0.339 e. The molecule has 3 nitrogen and oxygen atoms in total. The van der Waals surface area contributed by atoms with Crippen LogP contribution in [0.15, 0.2) is 30.5 Å². The summed E-state index contributed by atoms with van der Waals surface area (Å²) in [5.74, 6) is 6.73. The van der Waals surface area contributed by atoms with Crippen LogP contribution in [0.25, 0.3) is 10.9 Å². The van der Waals surface area contributed by atoms with Crippen LogP contribution in [0.4, 0.5) is 0 Å². The van der Waals surface area contributed by atoms with Crippen molar-refractivity contribution in [3.63, 3.8) is 0 Å². The maximum absolute atomic E-state index is 6.06. The second-order valence-corrected chi connectivity index (χ2v) is 5.62. The van der Waals surface area contributed by atoms with Gasteiger partial charge in [-0.05, 0) is 56.4 Å². The van der Waals surface area contributed by atoms with Crippen LogP contribution in [-0.4, -0.2) is 29.2 Å². The standard InChI is InChI=1S/C16H23N3/c1-2-9-18-10-7-13(8-11-18)15-12-19(17)16-6-4-3-5-14(15)16/h3-6,12-13H,2,7-11,17H2,1H3. The topological polar surface area (TPSA) is 34.2 Å². The van der Waals surface area contributed by atoms with E-state index in [9.17, 15) is 0 Å². The molecule has 3 rings (SSSR count). The summed E-state index contributed by atoms with van der Waals surface area (Å²) in [5, 5.41) is 1.33. The van der Waals surface area contributed by atoms with Crippen LogP contribution in [0.3, 0.4) is 0 Å². The van der Waals surface area contributed by atoms with E-state index in [-0.39, 0.29) is 0 Å². The first-order chi connectivity index (χ1) is 9.29. The Balaban J connectivity index is 1.82. The Morgan fingerprint density at radius 3 is 2.68 bits per heavy atom. The molecule has 0 aliphatic carbocycles. The van der Waals surface area contributed by atoms with Crippen molar-refractivity contribution in [2.45, 2.75) is 32.1 Å². The van der Waals surface area contributed by atoms with Crippen LogP contribution >= 0.6 is 0 Å². The molecule has 1 fully saturated rings. The van der Waals surface area contributed by atoms with Gasteiger partial charge in [0.1, 0.15) is 0 Å². The molecular weight excluding hydrogens is 234 g/mol. The number of fused-ring (bicyclic) bond motifs is 1. The molecule has 0 spiro atoms. The van der Waals surface area contributed by atoms with E-state index in [0.717, 1.165) is 5.52 Å². The first kappa shape index (κ1) is 12.5. The molecule has 0 radical (unpaired) electrons. The SMILES string of the molecule is CCCN1CCC(c2cn(N)c3ccccc23)CC1. The van der Waals surface area contributed by atoms with Gasteiger partial charge in [0.2, 0.25) is 0 Å². The third kappa shape index (κ3) is 2.35. The van der Waals surface area contributed by atoms with Gasteiger partial charge in [-0.1, -0.05) is 25.1 Å². The van der Waals surface area contributed by atoms with E-state index in [1.807, 2.05) is 0 Å². The molecule has 1 aliphatic heterocycles. The van der Waals surface area contributed by atoms with E-state index in [1.165, 1.54) is 49.8 Å². The second-order valence-electron chi connectivity index (χ2n) is 5.62. The highest BCUT2D eigenvalue weighted by Crippen LogP contribution is 2.33. The van der Waals surface area contributed by atoms with Crippen molar-refractivity contribution in [2.75, 3.05) is 25.5 Å². The van der Waals surface area contributed by atoms with Crippen LogP contribution < -0.4 is 5.84 Å². The van der Waals surface area contributed by atoms with Gasteiger partial charge >= 0.3 is 0 Å². The van der Waals surface area contributed by atoms with Crippen molar-refractivity contribution < 1.29 is 0 Å². The zero-order valence-corrected chi connectivity index (χ0v) is 11.7. The fourth-order valence-corrected chi connectivity index (χ4v) is 3.34. The second kappa shape index (κ2) is 5.25. The number of rotatable bonds is 3. The first-order valence-corrected chi connectivity index (χ1v) is 7.37. The minimum atomic E-state index is 0.669. The average molecular weight is 257 g/mol. The van der Waals surface area contributed by atoms with E-state index in [4.69, 9.17) is 5.84 Å². The van der Waals surface area contributed by atoms with Crippen molar-refractivity contribution >= 4 is 10.9 Å². The van der Waals surface area contributed by atoms with Crippen LogP contribution in [0, 0.1) is 0 Å². The van der Waals surface area contributed by atoms with Crippen molar-refractivity contribution in [3.8, 4) is 0 Å². The van der Waals surface area contributed by atoms with E-state index in [2.05, 4.69) is 42.3 Å². The molecule has 1 aromatic carbocycles. The van der Waals surface area contributed by atoms with Gasteiger partial charge in [-0.2, -0.15) is 0 Å². The molecule has 3 heteroatoms. The number of likely N-dealkylation sites (tertiary alicyclic amines) is 1. The lowest BCUT2D eigenvalue weighted by atomic mass is 9.89. The maximum atomic E-state index is 6.06. The van der Waals surface area contributed by atoms with Gasteiger partial charge in [-0.3, -0.25) is 4.68 Å². The molecular formula is C16H23N3. The van der Waals surface area contributed by atoms with Crippen molar-refractivity contribution in [3.05, 3.63) is 36.0 Å². The van der Waals surface area contributed by atoms with Gasteiger partial charge in [0, 0.05) is 11.6 Å². The van der Waals surface area contributed by atoms with E-state index in [0.29, 0.717) is 5.92 Å². The molecule has 0 amide bonds. The van der Waals surface area contributed by atoms with Crippen LogP contribution in [0.2, 0.25) is 0 Å². The molecule has 2 N–H and O–H groups in total. The summed E-state index contributed by atoms with van der Waals surface area (Å²) in [6, 6.07) is 8.47. The molecule has 2 aromatic rings. The maximum Gasteiger partial charge on any atom is 0.0693 e. The van der Waals surface area contributed by atoms with Gasteiger partial charge in [-0.15, -0.1) is 0 Å². The van der Waals surface area contributed by atoms with E-state index >= 15 is 0 Å². The number of piperidine rings is 1. The molecule has 2 heterocycles. The lowest BCUT2D eigenvalue weighted by Gasteiger charge is -2.31. The minimum absolute atomic E-state index is 0.669. The molecule has 102 valence electrons. The Kier molecular flexibility index (Phi) is 3.47. The Morgan fingerprint density at radius 1 is 1.21 bits per heavy atom. The Morgan fingerprint density at radius 2 is 1.95 bits per heavy atom. The van der Waals surface area contributed by atoms with Gasteiger partial charge in [0.05, 0.1) is 5.52 Å². The summed E-state index contributed by atoms with van der Waals surface area (Å²) in [6.45, 7) is 5.95. The molecule has 0 atom stereocenters. The molecule has 0 bridgehead atoms. The average Bonchev–Trinajstić information content (AvgIpc) is 2.78. The quantitative estimate of drug-likeness (QED) is 0.858. The summed E-state index contributed by atoms with van der Waals surface area (Å²) in [4.78, 5) is 2.58. The van der Waals surface area contributed by atoms with E-state index in [1.54, 1.807) is 4.68 Å². The predicted octanol–water partition coefficient (Wildman–Crippen LogP) is 2.94.